The van der Waals surface area contributed by atoms with Crippen LogP contribution in [0.2, 0.25) is 0 Å². The maximum atomic E-state index is 5.38. The van der Waals surface area contributed by atoms with Gasteiger partial charge in [0.1, 0.15) is 0 Å². The van der Waals surface area contributed by atoms with Crippen molar-refractivity contribution >= 4 is 22.1 Å². The molecule has 2 N–H and O–H groups in total. The van der Waals surface area contributed by atoms with Gasteiger partial charge in [-0.15, -0.1) is 0 Å². The lowest BCUT2D eigenvalue weighted by Crippen LogP contribution is -2.27. The summed E-state index contributed by atoms with van der Waals surface area (Å²) in [5.74, 6) is 0. The molecule has 0 radical (unpaired) electrons. The first-order valence-electron chi connectivity index (χ1n) is 3.89. The van der Waals surface area contributed by atoms with Crippen molar-refractivity contribution in [3.63, 3.8) is 0 Å². The molecule has 2 atom stereocenters. The van der Waals surface area contributed by atoms with Crippen LogP contribution in [-0.2, 0) is 0 Å². The van der Waals surface area contributed by atoms with E-state index in [1.54, 1.807) is 6.20 Å². The quantitative estimate of drug-likeness (QED) is 0.735. The molecule has 2 nitrogen and oxygen atoms in total. The molecule has 0 bridgehead atoms. The van der Waals surface area contributed by atoms with Gasteiger partial charge in [-0.25, -0.2) is 0 Å². The van der Waals surface area contributed by atoms with E-state index in [9.17, 15) is 0 Å². The van der Waals surface area contributed by atoms with E-state index in [1.807, 2.05) is 12.3 Å². The fourth-order valence-electron chi connectivity index (χ4n) is 1.19. The molecule has 1 aliphatic rings. The van der Waals surface area contributed by atoms with E-state index in [1.165, 1.54) is 0 Å². The Kier molecular flexibility index (Phi) is 2.73. The maximum Gasteiger partial charge on any atom is 0.0595 e. The third kappa shape index (κ3) is 1.78. The Morgan fingerprint density at radius 1 is 1.75 bits per heavy atom. The highest BCUT2D eigenvalue weighted by Gasteiger charge is 2.27. The number of nitrogens with zero attached hydrogens (tertiary/aromatic N) is 1. The summed E-state index contributed by atoms with van der Waals surface area (Å²) in [6.07, 6.45) is 7.49. The molecule has 0 aromatic carbocycles. The summed E-state index contributed by atoms with van der Waals surface area (Å²) in [7, 11) is 0. The van der Waals surface area contributed by atoms with Crippen LogP contribution in [0.3, 0.4) is 0 Å². The molecule has 0 spiro atoms. The van der Waals surface area contributed by atoms with E-state index >= 15 is 0 Å². The predicted molar refractivity (Wildman–Crippen MR) is 56.4 cm³/mol. The first-order valence-corrected chi connectivity index (χ1v) is 4.69. The summed E-state index contributed by atoms with van der Waals surface area (Å²) < 4.78 is 1.02. The van der Waals surface area contributed by atoms with Crippen LogP contribution in [0.1, 0.15) is 13.8 Å². The standard InChI is InChI=1S/C9H13BrN2/c1-7-9(2,3-4-11)5-8(10)6-12-7/h3-7H,11H2,1-2H3/b4-3-. The summed E-state index contributed by atoms with van der Waals surface area (Å²) in [5, 5.41) is 0. The average molecular weight is 229 g/mol. The monoisotopic (exact) mass is 228 g/mol. The minimum absolute atomic E-state index is 0.0532. The van der Waals surface area contributed by atoms with E-state index in [0.717, 1.165) is 4.48 Å². The molecule has 1 rings (SSSR count). The summed E-state index contributed by atoms with van der Waals surface area (Å²) >= 11 is 3.40. The van der Waals surface area contributed by atoms with Gasteiger partial charge in [-0.05, 0) is 29.1 Å². The predicted octanol–water partition coefficient (Wildman–Crippen LogP) is 2.22. The molecular weight excluding hydrogens is 216 g/mol. The normalized spacial score (nSPS) is 35.6. The number of hydrogen-bond donors (Lipinski definition) is 1. The van der Waals surface area contributed by atoms with E-state index in [4.69, 9.17) is 5.73 Å². The molecule has 12 heavy (non-hydrogen) atoms. The Hall–Kier alpha value is -0.570. The minimum atomic E-state index is -0.0532. The van der Waals surface area contributed by atoms with E-state index in [0.29, 0.717) is 0 Å². The van der Waals surface area contributed by atoms with Crippen molar-refractivity contribution in [3.05, 3.63) is 22.8 Å². The Morgan fingerprint density at radius 2 is 2.42 bits per heavy atom. The Balaban J connectivity index is 2.96. The SMILES string of the molecule is CC1N=CC(Br)=CC1(C)/C=C\N. The molecule has 0 aliphatic carbocycles. The lowest BCUT2D eigenvalue weighted by Gasteiger charge is -2.29. The molecular formula is C9H13BrN2. The number of dihydropyridines is 1. The van der Waals surface area contributed by atoms with Crippen LogP contribution in [0.25, 0.3) is 0 Å². The van der Waals surface area contributed by atoms with E-state index in [2.05, 4.69) is 40.8 Å². The van der Waals surface area contributed by atoms with Crippen molar-refractivity contribution in [3.8, 4) is 0 Å². The fraction of sp³-hybridized carbons (Fsp3) is 0.444. The van der Waals surface area contributed by atoms with Crippen LogP contribution in [-0.4, -0.2) is 12.3 Å². The maximum absolute atomic E-state index is 5.38. The summed E-state index contributed by atoms with van der Waals surface area (Å²) in [4.78, 5) is 4.34. The number of nitrogens with two attached hydrogens (primary N) is 1. The van der Waals surface area contributed by atoms with Crippen LogP contribution in [0.5, 0.6) is 0 Å². The second kappa shape index (κ2) is 3.44. The fourth-order valence-corrected chi connectivity index (χ4v) is 1.80. The largest absolute Gasteiger partial charge is 0.405 e. The molecule has 1 aliphatic heterocycles. The molecule has 1 heterocycles. The lowest BCUT2D eigenvalue weighted by atomic mass is 9.82. The molecule has 0 aromatic heterocycles. The topological polar surface area (TPSA) is 38.4 Å². The van der Waals surface area contributed by atoms with Crippen LogP contribution in [0.15, 0.2) is 27.8 Å². The van der Waals surface area contributed by atoms with Crippen molar-refractivity contribution in [2.75, 3.05) is 0 Å². The summed E-state index contributed by atoms with van der Waals surface area (Å²) in [5.41, 5.74) is 5.32. The third-order valence-electron chi connectivity index (χ3n) is 2.23. The molecule has 66 valence electrons. The highest BCUT2D eigenvalue weighted by atomic mass is 79.9. The van der Waals surface area contributed by atoms with Gasteiger partial charge in [0.2, 0.25) is 0 Å². The van der Waals surface area contributed by atoms with Gasteiger partial charge in [-0.2, -0.15) is 0 Å². The van der Waals surface area contributed by atoms with Crippen molar-refractivity contribution in [2.45, 2.75) is 19.9 Å². The lowest BCUT2D eigenvalue weighted by molar-refractivity contribution is 0.448. The molecule has 0 saturated heterocycles. The highest BCUT2D eigenvalue weighted by Crippen LogP contribution is 2.32. The van der Waals surface area contributed by atoms with E-state index in [-0.39, 0.29) is 11.5 Å². The second-order valence-electron chi connectivity index (χ2n) is 3.21. The summed E-state index contributed by atoms with van der Waals surface area (Å²) in [6.45, 7) is 4.19. The molecule has 0 saturated carbocycles. The zero-order valence-electron chi connectivity index (χ0n) is 7.29. The average Bonchev–Trinajstić information content (AvgIpc) is 1.98. The van der Waals surface area contributed by atoms with Crippen LogP contribution in [0.4, 0.5) is 0 Å². The van der Waals surface area contributed by atoms with Gasteiger partial charge in [-0.1, -0.05) is 19.1 Å². The van der Waals surface area contributed by atoms with Gasteiger partial charge in [0.15, 0.2) is 0 Å². The van der Waals surface area contributed by atoms with Crippen molar-refractivity contribution < 1.29 is 0 Å². The van der Waals surface area contributed by atoms with Crippen molar-refractivity contribution in [1.82, 2.24) is 0 Å². The number of hydrogen-bond acceptors (Lipinski definition) is 2. The first kappa shape index (κ1) is 9.52. The highest BCUT2D eigenvalue weighted by molar-refractivity contribution is 9.12. The number of rotatable bonds is 1. The molecule has 0 fully saturated rings. The number of allylic oxidation sites excluding steroid dienone is 1. The van der Waals surface area contributed by atoms with Gasteiger partial charge in [0, 0.05) is 16.1 Å². The van der Waals surface area contributed by atoms with Crippen LogP contribution in [0, 0.1) is 5.41 Å². The second-order valence-corrected chi connectivity index (χ2v) is 4.12. The smallest absolute Gasteiger partial charge is 0.0595 e. The van der Waals surface area contributed by atoms with Gasteiger partial charge < -0.3 is 5.73 Å². The van der Waals surface area contributed by atoms with E-state index < -0.39 is 0 Å². The van der Waals surface area contributed by atoms with Gasteiger partial charge in [0.05, 0.1) is 6.04 Å². The first-order chi connectivity index (χ1) is 5.58. The third-order valence-corrected chi connectivity index (χ3v) is 2.66. The zero-order valence-corrected chi connectivity index (χ0v) is 8.88. The Bertz CT molecular complexity index is 255. The van der Waals surface area contributed by atoms with Gasteiger partial charge in [-0.3, -0.25) is 4.99 Å². The molecule has 3 heteroatoms. The van der Waals surface area contributed by atoms with Crippen molar-refractivity contribution in [2.24, 2.45) is 16.1 Å². The zero-order chi connectivity index (χ0) is 9.19. The molecule has 0 amide bonds. The minimum Gasteiger partial charge on any atom is -0.405 e. The van der Waals surface area contributed by atoms with Gasteiger partial charge >= 0.3 is 0 Å². The number of aliphatic imine (C=N–C) groups is 1. The Labute approximate surface area is 81.4 Å². The van der Waals surface area contributed by atoms with Crippen molar-refractivity contribution in [1.29, 1.82) is 0 Å². The van der Waals surface area contributed by atoms with Gasteiger partial charge in [0.25, 0.3) is 0 Å². The molecule has 2 unspecified atom stereocenters. The Morgan fingerprint density at radius 3 is 3.00 bits per heavy atom. The number of halogens is 1. The molecule has 0 aromatic rings. The van der Waals surface area contributed by atoms with Crippen LogP contribution < -0.4 is 5.73 Å². The summed E-state index contributed by atoms with van der Waals surface area (Å²) in [6, 6.07) is 0.249. The van der Waals surface area contributed by atoms with Crippen LogP contribution >= 0.6 is 15.9 Å².